The van der Waals surface area contributed by atoms with Gasteiger partial charge in [0.15, 0.2) is 17.3 Å². The first-order valence-corrected chi connectivity index (χ1v) is 16.0. The summed E-state index contributed by atoms with van der Waals surface area (Å²) in [7, 11) is 0. The highest BCUT2D eigenvalue weighted by Crippen LogP contribution is 2.42. The van der Waals surface area contributed by atoms with E-state index in [2.05, 4.69) is 63.6 Å². The first-order valence-electron chi connectivity index (χ1n) is 16.0. The molecular formula is C41H23N7. The number of rotatable bonds is 3. The first kappa shape index (κ1) is 25.5. The molecule has 7 heteroatoms. The second kappa shape index (κ2) is 9.40. The number of hydrogen-bond donors (Lipinski definition) is 0. The Labute approximate surface area is 272 Å². The third-order valence-electron chi connectivity index (χ3n) is 9.49. The van der Waals surface area contributed by atoms with E-state index in [4.69, 9.17) is 24.9 Å². The van der Waals surface area contributed by atoms with E-state index in [1.165, 1.54) is 0 Å². The summed E-state index contributed by atoms with van der Waals surface area (Å²) in [6, 6.07) is 47.9. The molecule has 5 heterocycles. The molecule has 0 atom stereocenters. The molecule has 0 unspecified atom stereocenters. The van der Waals surface area contributed by atoms with E-state index in [9.17, 15) is 0 Å². The van der Waals surface area contributed by atoms with Crippen molar-refractivity contribution in [3.05, 3.63) is 140 Å². The van der Waals surface area contributed by atoms with Crippen LogP contribution in [0.3, 0.4) is 0 Å². The summed E-state index contributed by atoms with van der Waals surface area (Å²) in [5.74, 6) is 1.83. The van der Waals surface area contributed by atoms with Gasteiger partial charge in [-0.2, -0.15) is 9.97 Å². The molecule has 48 heavy (non-hydrogen) atoms. The van der Waals surface area contributed by atoms with E-state index < -0.39 is 0 Å². The molecule has 0 spiro atoms. The van der Waals surface area contributed by atoms with E-state index in [1.54, 1.807) is 0 Å². The van der Waals surface area contributed by atoms with Crippen molar-refractivity contribution in [2.75, 3.05) is 0 Å². The van der Waals surface area contributed by atoms with Crippen molar-refractivity contribution in [2.45, 2.75) is 0 Å². The minimum Gasteiger partial charge on any atom is -0.291 e. The minimum absolute atomic E-state index is 0.576. The molecule has 0 aliphatic rings. The standard InChI is InChI=1S/C41H23N7/c1-3-12-24(13-4-1)38-44-39(25-14-5-2-6-15-25)46-41(45-38)47-33-21-10-7-16-26(33)29-22-35-30(23-34(29)47)27-17-11-18-28-36-40(48(35)37(27)28)43-32-20-9-8-19-31(32)42-36/h1-23H. The molecule has 6 aromatic carbocycles. The fourth-order valence-corrected chi connectivity index (χ4v) is 7.38. The Morgan fingerprint density at radius 3 is 1.73 bits per heavy atom. The van der Waals surface area contributed by atoms with Crippen LogP contribution in [-0.4, -0.2) is 33.9 Å². The summed E-state index contributed by atoms with van der Waals surface area (Å²) in [5, 5.41) is 5.65. The fourth-order valence-electron chi connectivity index (χ4n) is 7.38. The van der Waals surface area contributed by atoms with Gasteiger partial charge in [0, 0.05) is 38.1 Å². The second-order valence-electron chi connectivity index (χ2n) is 12.2. The van der Waals surface area contributed by atoms with Crippen molar-refractivity contribution in [3.8, 4) is 28.7 Å². The molecule has 0 aliphatic heterocycles. The Bertz CT molecular complexity index is 2990. The monoisotopic (exact) mass is 613 g/mol. The van der Waals surface area contributed by atoms with Crippen molar-refractivity contribution >= 4 is 71.2 Å². The van der Waals surface area contributed by atoms with Gasteiger partial charge >= 0.3 is 0 Å². The summed E-state index contributed by atoms with van der Waals surface area (Å²) in [6.45, 7) is 0. The maximum absolute atomic E-state index is 5.16. The van der Waals surface area contributed by atoms with E-state index >= 15 is 0 Å². The van der Waals surface area contributed by atoms with Crippen LogP contribution in [-0.2, 0) is 0 Å². The summed E-state index contributed by atoms with van der Waals surface area (Å²) in [6.07, 6.45) is 0. The van der Waals surface area contributed by atoms with Crippen LogP contribution < -0.4 is 0 Å². The normalized spacial score (nSPS) is 12.2. The van der Waals surface area contributed by atoms with Crippen LogP contribution in [0.4, 0.5) is 0 Å². The molecule has 222 valence electrons. The highest BCUT2D eigenvalue weighted by atomic mass is 15.2. The number of nitrogens with zero attached hydrogens (tertiary/aromatic N) is 7. The zero-order valence-electron chi connectivity index (χ0n) is 25.4. The SMILES string of the molecule is c1ccc(-c2nc(-c3ccccc3)nc(-n3c4ccccc4c4cc5c(cc43)c3cccc4c6nc7ccccc7nc6n5c34)n2)cc1. The molecule has 11 aromatic rings. The molecule has 0 fully saturated rings. The number of benzene rings is 6. The molecule has 0 bridgehead atoms. The van der Waals surface area contributed by atoms with Gasteiger partial charge in [0.1, 0.15) is 5.52 Å². The van der Waals surface area contributed by atoms with E-state index in [-0.39, 0.29) is 0 Å². The third-order valence-corrected chi connectivity index (χ3v) is 9.49. The minimum atomic E-state index is 0.576. The second-order valence-corrected chi connectivity index (χ2v) is 12.2. The van der Waals surface area contributed by atoms with Gasteiger partial charge in [-0.3, -0.25) is 8.97 Å². The van der Waals surface area contributed by atoms with Crippen LogP contribution in [0.15, 0.2) is 140 Å². The van der Waals surface area contributed by atoms with Crippen molar-refractivity contribution in [1.82, 2.24) is 33.9 Å². The van der Waals surface area contributed by atoms with Crippen molar-refractivity contribution in [3.63, 3.8) is 0 Å². The van der Waals surface area contributed by atoms with Gasteiger partial charge in [-0.15, -0.1) is 0 Å². The summed E-state index contributed by atoms with van der Waals surface area (Å²) in [4.78, 5) is 25.4. The quantitative estimate of drug-likeness (QED) is 0.199. The number of aromatic nitrogens is 7. The van der Waals surface area contributed by atoms with Crippen LogP contribution >= 0.6 is 0 Å². The lowest BCUT2D eigenvalue weighted by molar-refractivity contribution is 0.954. The van der Waals surface area contributed by atoms with Crippen LogP contribution in [0.5, 0.6) is 0 Å². The van der Waals surface area contributed by atoms with Crippen LogP contribution in [0, 0.1) is 0 Å². The predicted octanol–water partition coefficient (Wildman–Crippen LogP) is 9.40. The molecule has 0 amide bonds. The van der Waals surface area contributed by atoms with Crippen LogP contribution in [0.2, 0.25) is 0 Å². The maximum Gasteiger partial charge on any atom is 0.238 e. The number of fused-ring (bicyclic) bond motifs is 10. The van der Waals surface area contributed by atoms with Crippen LogP contribution in [0.1, 0.15) is 0 Å². The van der Waals surface area contributed by atoms with Gasteiger partial charge in [0.05, 0.1) is 33.1 Å². The lowest BCUT2D eigenvalue weighted by atomic mass is 10.1. The molecule has 5 aromatic heterocycles. The van der Waals surface area contributed by atoms with E-state index in [1.807, 2.05) is 84.9 Å². The van der Waals surface area contributed by atoms with Gasteiger partial charge in [-0.25, -0.2) is 15.0 Å². The van der Waals surface area contributed by atoms with Crippen molar-refractivity contribution < 1.29 is 0 Å². The summed E-state index contributed by atoms with van der Waals surface area (Å²) < 4.78 is 4.48. The molecule has 0 saturated heterocycles. The number of para-hydroxylation sites is 4. The molecule has 0 radical (unpaired) electrons. The van der Waals surface area contributed by atoms with E-state index in [0.29, 0.717) is 17.6 Å². The Morgan fingerprint density at radius 2 is 0.979 bits per heavy atom. The largest absolute Gasteiger partial charge is 0.291 e. The molecule has 0 N–H and O–H groups in total. The summed E-state index contributed by atoms with van der Waals surface area (Å²) >= 11 is 0. The molecular weight excluding hydrogens is 591 g/mol. The average molecular weight is 614 g/mol. The predicted molar refractivity (Wildman–Crippen MR) is 193 cm³/mol. The Kier molecular flexibility index (Phi) is 4.99. The fraction of sp³-hybridized carbons (Fsp3) is 0. The van der Waals surface area contributed by atoms with Crippen LogP contribution in [0.25, 0.3) is 99.9 Å². The van der Waals surface area contributed by atoms with Gasteiger partial charge in [-0.05, 0) is 30.3 Å². The zero-order valence-corrected chi connectivity index (χ0v) is 25.4. The highest BCUT2D eigenvalue weighted by Gasteiger charge is 2.23. The highest BCUT2D eigenvalue weighted by molar-refractivity contribution is 6.25. The lowest BCUT2D eigenvalue weighted by Gasteiger charge is -2.11. The maximum atomic E-state index is 5.16. The molecule has 11 rings (SSSR count). The van der Waals surface area contributed by atoms with Crippen molar-refractivity contribution in [2.24, 2.45) is 0 Å². The Hall–Kier alpha value is -6.73. The van der Waals surface area contributed by atoms with E-state index in [0.717, 1.165) is 82.3 Å². The van der Waals surface area contributed by atoms with Crippen molar-refractivity contribution in [1.29, 1.82) is 0 Å². The molecule has 0 saturated carbocycles. The number of hydrogen-bond acceptors (Lipinski definition) is 5. The van der Waals surface area contributed by atoms with Gasteiger partial charge in [0.2, 0.25) is 5.95 Å². The summed E-state index contributed by atoms with van der Waals surface area (Å²) in [5.41, 5.74) is 9.75. The Morgan fingerprint density at radius 1 is 0.396 bits per heavy atom. The first-order chi connectivity index (χ1) is 23.8. The Balaban J connectivity index is 1.27. The molecule has 0 aliphatic carbocycles. The topological polar surface area (TPSA) is 73.8 Å². The third kappa shape index (κ3) is 3.44. The molecule has 7 nitrogen and oxygen atoms in total. The lowest BCUT2D eigenvalue weighted by Crippen LogP contribution is -2.06. The van der Waals surface area contributed by atoms with Gasteiger partial charge in [0.25, 0.3) is 0 Å². The van der Waals surface area contributed by atoms with Gasteiger partial charge < -0.3 is 0 Å². The van der Waals surface area contributed by atoms with Gasteiger partial charge in [-0.1, -0.05) is 109 Å². The average Bonchev–Trinajstić information content (AvgIpc) is 3.78. The zero-order chi connectivity index (χ0) is 31.3. The smallest absolute Gasteiger partial charge is 0.238 e.